The number of rotatable bonds is 4. The lowest BCUT2D eigenvalue weighted by Crippen LogP contribution is -1.93. The Hall–Kier alpha value is -2.51. The van der Waals surface area contributed by atoms with Crippen molar-refractivity contribution in [2.45, 2.75) is 13.3 Å². The predicted octanol–water partition coefficient (Wildman–Crippen LogP) is 4.17. The Kier molecular flexibility index (Phi) is 4.81. The van der Waals surface area contributed by atoms with Gasteiger partial charge < -0.3 is 0 Å². The van der Waals surface area contributed by atoms with Gasteiger partial charge in [0.25, 0.3) is 0 Å². The highest BCUT2D eigenvalue weighted by Crippen LogP contribution is 2.31. The van der Waals surface area contributed by atoms with Gasteiger partial charge in [-0.15, -0.1) is 0 Å². The summed E-state index contributed by atoms with van der Waals surface area (Å²) in [4.78, 5) is 28.2. The van der Waals surface area contributed by atoms with E-state index in [-0.39, 0.29) is 0 Å². The fraction of sp³-hybridized carbons (Fsp3) is 0.125. The third kappa shape index (κ3) is 3.53. The van der Waals surface area contributed by atoms with E-state index in [1.54, 1.807) is 12.1 Å². The van der Waals surface area contributed by atoms with Gasteiger partial charge in [0.1, 0.15) is 0 Å². The molecule has 0 spiro atoms. The molecule has 0 amide bonds. The van der Waals surface area contributed by atoms with Crippen LogP contribution in [0.5, 0.6) is 0 Å². The number of benzene rings is 2. The molecule has 0 aliphatic rings. The highest BCUT2D eigenvalue weighted by atomic mass is 35.5. The average molecular weight is 299 g/mol. The van der Waals surface area contributed by atoms with Crippen LogP contribution in [0.1, 0.15) is 16.7 Å². The molecular formula is C16H11ClN2O2. The van der Waals surface area contributed by atoms with Crippen LogP contribution < -0.4 is 0 Å². The Balaban J connectivity index is 2.54. The van der Waals surface area contributed by atoms with E-state index in [0.29, 0.717) is 22.8 Å². The van der Waals surface area contributed by atoms with Crippen molar-refractivity contribution >= 4 is 35.1 Å². The molecule has 21 heavy (non-hydrogen) atoms. The first-order valence-corrected chi connectivity index (χ1v) is 6.56. The van der Waals surface area contributed by atoms with E-state index in [2.05, 4.69) is 9.98 Å². The van der Waals surface area contributed by atoms with Gasteiger partial charge in [0.15, 0.2) is 0 Å². The van der Waals surface area contributed by atoms with E-state index >= 15 is 0 Å². The first kappa shape index (κ1) is 14.9. The molecule has 0 saturated heterocycles. The molecule has 0 atom stereocenters. The topological polar surface area (TPSA) is 58.9 Å². The fourth-order valence-corrected chi connectivity index (χ4v) is 2.26. The van der Waals surface area contributed by atoms with E-state index in [4.69, 9.17) is 11.6 Å². The molecular weight excluding hydrogens is 288 g/mol. The lowest BCUT2D eigenvalue weighted by atomic mass is 9.98. The number of hydrogen-bond acceptors (Lipinski definition) is 4. The van der Waals surface area contributed by atoms with E-state index in [9.17, 15) is 9.59 Å². The van der Waals surface area contributed by atoms with Crippen LogP contribution >= 0.6 is 11.6 Å². The number of aliphatic imine (C=N–C) groups is 2. The van der Waals surface area contributed by atoms with Gasteiger partial charge in [-0.05, 0) is 48.2 Å². The van der Waals surface area contributed by atoms with Crippen LogP contribution in [0, 0.1) is 6.92 Å². The summed E-state index contributed by atoms with van der Waals surface area (Å²) in [5, 5.41) is 0.654. The minimum Gasteiger partial charge on any atom is -0.211 e. The number of nitrogens with zero attached hydrogens (tertiary/aromatic N) is 2. The van der Waals surface area contributed by atoms with Crippen LogP contribution in [-0.4, -0.2) is 12.2 Å². The average Bonchev–Trinajstić information content (AvgIpc) is 2.46. The van der Waals surface area contributed by atoms with Crippen LogP contribution in [0.4, 0.5) is 11.4 Å². The molecule has 4 nitrogen and oxygen atoms in total. The second-order valence-electron chi connectivity index (χ2n) is 4.42. The van der Waals surface area contributed by atoms with Gasteiger partial charge in [-0.1, -0.05) is 29.8 Å². The minimum absolute atomic E-state index is 0.395. The minimum atomic E-state index is 0.395. The molecule has 0 heterocycles. The summed E-state index contributed by atoms with van der Waals surface area (Å²) >= 11 is 6.16. The van der Waals surface area contributed by atoms with Crippen molar-refractivity contribution in [3.63, 3.8) is 0 Å². The number of isocyanates is 2. The molecule has 2 aromatic rings. The molecule has 0 unspecified atom stereocenters. The zero-order valence-electron chi connectivity index (χ0n) is 11.3. The molecule has 0 aromatic heterocycles. The van der Waals surface area contributed by atoms with E-state index in [0.717, 1.165) is 16.7 Å². The molecule has 0 N–H and O–H groups in total. The third-order valence-electron chi connectivity index (χ3n) is 3.15. The standard InChI is InChI=1S/C16H11ClN2O2/c1-11-13(6-12-4-2-3-5-15(12)17)7-14(18-9-20)8-16(11)19-10-21/h2-5,7-8H,6H2,1H3. The zero-order valence-corrected chi connectivity index (χ0v) is 12.0. The Bertz CT molecular complexity index is 774. The normalized spacial score (nSPS) is 9.62. The second kappa shape index (κ2) is 6.78. The van der Waals surface area contributed by atoms with Gasteiger partial charge in [-0.25, -0.2) is 9.59 Å². The van der Waals surface area contributed by atoms with Crippen LogP contribution in [-0.2, 0) is 16.0 Å². The van der Waals surface area contributed by atoms with Gasteiger partial charge in [-0.2, -0.15) is 9.98 Å². The Morgan fingerprint density at radius 1 is 1.05 bits per heavy atom. The van der Waals surface area contributed by atoms with Crippen molar-refractivity contribution in [1.82, 2.24) is 0 Å². The van der Waals surface area contributed by atoms with Crippen LogP contribution in [0.25, 0.3) is 0 Å². The number of hydrogen-bond donors (Lipinski definition) is 0. The smallest absolute Gasteiger partial charge is 0.211 e. The Morgan fingerprint density at radius 3 is 2.43 bits per heavy atom. The van der Waals surface area contributed by atoms with Crippen LogP contribution in [0.15, 0.2) is 46.4 Å². The van der Waals surface area contributed by atoms with Crippen molar-refractivity contribution in [3.05, 3.63) is 58.1 Å². The second-order valence-corrected chi connectivity index (χ2v) is 4.83. The molecule has 0 aliphatic heterocycles. The van der Waals surface area contributed by atoms with E-state index in [1.165, 1.54) is 12.2 Å². The van der Waals surface area contributed by atoms with Crippen LogP contribution in [0.3, 0.4) is 0 Å². The molecule has 5 heteroatoms. The molecule has 0 saturated carbocycles. The monoisotopic (exact) mass is 298 g/mol. The predicted molar refractivity (Wildman–Crippen MR) is 81.0 cm³/mol. The molecule has 0 aliphatic carbocycles. The first-order valence-electron chi connectivity index (χ1n) is 6.18. The van der Waals surface area contributed by atoms with Crippen LogP contribution in [0.2, 0.25) is 5.02 Å². The lowest BCUT2D eigenvalue weighted by Gasteiger charge is -2.10. The van der Waals surface area contributed by atoms with E-state index < -0.39 is 0 Å². The molecule has 0 fully saturated rings. The summed E-state index contributed by atoms with van der Waals surface area (Å²) < 4.78 is 0. The van der Waals surface area contributed by atoms with Gasteiger partial charge in [0.2, 0.25) is 12.2 Å². The zero-order chi connectivity index (χ0) is 15.2. The molecule has 0 bridgehead atoms. The summed E-state index contributed by atoms with van der Waals surface area (Å²) in [6.07, 6.45) is 3.54. The fourth-order valence-electron chi connectivity index (χ4n) is 2.05. The van der Waals surface area contributed by atoms with E-state index in [1.807, 2.05) is 31.2 Å². The summed E-state index contributed by atoms with van der Waals surface area (Å²) in [5.41, 5.74) is 3.47. The maximum atomic E-state index is 10.5. The van der Waals surface area contributed by atoms with Crippen molar-refractivity contribution < 1.29 is 9.59 Å². The van der Waals surface area contributed by atoms with Crippen molar-refractivity contribution in [1.29, 1.82) is 0 Å². The van der Waals surface area contributed by atoms with Gasteiger partial charge in [-0.3, -0.25) is 0 Å². The molecule has 0 radical (unpaired) electrons. The molecule has 2 rings (SSSR count). The summed E-state index contributed by atoms with van der Waals surface area (Å²) in [6.45, 7) is 1.84. The highest BCUT2D eigenvalue weighted by Gasteiger charge is 2.09. The van der Waals surface area contributed by atoms with Gasteiger partial charge in [0, 0.05) is 5.02 Å². The van der Waals surface area contributed by atoms with Crippen molar-refractivity contribution in [3.8, 4) is 0 Å². The largest absolute Gasteiger partial charge is 0.240 e. The summed E-state index contributed by atoms with van der Waals surface area (Å²) in [5.74, 6) is 0. The Morgan fingerprint density at radius 2 is 1.76 bits per heavy atom. The number of halogens is 1. The summed E-state index contributed by atoms with van der Waals surface area (Å²) in [7, 11) is 0. The first-order chi connectivity index (χ1) is 10.2. The summed E-state index contributed by atoms with van der Waals surface area (Å²) in [6, 6.07) is 10.8. The quantitative estimate of drug-likeness (QED) is 0.628. The van der Waals surface area contributed by atoms with Crippen molar-refractivity contribution in [2.24, 2.45) is 9.98 Å². The number of carbonyl (C=O) groups excluding carboxylic acids is 2. The van der Waals surface area contributed by atoms with Gasteiger partial charge >= 0.3 is 0 Å². The van der Waals surface area contributed by atoms with Gasteiger partial charge in [0.05, 0.1) is 11.4 Å². The molecule has 104 valence electrons. The lowest BCUT2D eigenvalue weighted by molar-refractivity contribution is 0.565. The molecule has 2 aromatic carbocycles. The third-order valence-corrected chi connectivity index (χ3v) is 3.52. The van der Waals surface area contributed by atoms with Crippen molar-refractivity contribution in [2.75, 3.05) is 0 Å². The maximum absolute atomic E-state index is 10.5. The maximum Gasteiger partial charge on any atom is 0.240 e. The Labute approximate surface area is 126 Å². The highest BCUT2D eigenvalue weighted by molar-refractivity contribution is 6.31. The SMILES string of the molecule is Cc1c(Cc2ccccc2Cl)cc(N=C=O)cc1N=C=O.